The number of hydrogen-bond donors (Lipinski definition) is 1. The first kappa shape index (κ1) is 25.8. The monoisotopic (exact) mass is 527 g/mol. The van der Waals surface area contributed by atoms with Crippen molar-refractivity contribution in [3.05, 3.63) is 64.4 Å². The second-order valence-corrected chi connectivity index (χ2v) is 10.2. The van der Waals surface area contributed by atoms with Crippen LogP contribution in [0.15, 0.2) is 53.0 Å². The topological polar surface area (TPSA) is 86.8 Å². The molecule has 0 fully saturated rings. The van der Waals surface area contributed by atoms with Crippen molar-refractivity contribution >= 4 is 43.5 Å². The molecule has 1 atom stereocenters. The van der Waals surface area contributed by atoms with Gasteiger partial charge >= 0.3 is 0 Å². The van der Waals surface area contributed by atoms with E-state index in [0.29, 0.717) is 6.54 Å². The molecule has 0 unspecified atom stereocenters. The van der Waals surface area contributed by atoms with E-state index in [1.165, 1.54) is 17.0 Å². The number of halogens is 2. The number of nitrogens with one attached hydrogen (secondary N) is 1. The zero-order chi connectivity index (χ0) is 23.9. The maximum Gasteiger partial charge on any atom is 0.244 e. The van der Waals surface area contributed by atoms with Crippen LogP contribution < -0.4 is 9.62 Å². The van der Waals surface area contributed by atoms with E-state index in [0.717, 1.165) is 39.2 Å². The molecule has 0 heterocycles. The molecule has 174 valence electrons. The predicted molar refractivity (Wildman–Crippen MR) is 126 cm³/mol. The Hall–Kier alpha value is -2.46. The highest BCUT2D eigenvalue weighted by atomic mass is 79.9. The van der Waals surface area contributed by atoms with Crippen LogP contribution in [-0.4, -0.2) is 50.5 Å². The van der Waals surface area contributed by atoms with Crippen molar-refractivity contribution < 1.29 is 22.4 Å². The fraction of sp³-hybridized carbons (Fsp3) is 0.364. The molecule has 0 aliphatic heterocycles. The lowest BCUT2D eigenvalue weighted by molar-refractivity contribution is -0.139. The molecule has 1 N–H and O–H groups in total. The zero-order valence-electron chi connectivity index (χ0n) is 18.2. The first-order valence-electron chi connectivity index (χ1n) is 10.1. The Labute approximate surface area is 196 Å². The van der Waals surface area contributed by atoms with Gasteiger partial charge < -0.3 is 10.2 Å². The van der Waals surface area contributed by atoms with Crippen LogP contribution in [0.1, 0.15) is 25.8 Å². The summed E-state index contributed by atoms with van der Waals surface area (Å²) < 4.78 is 39.9. The molecule has 2 aromatic rings. The predicted octanol–water partition coefficient (Wildman–Crippen LogP) is 3.30. The third kappa shape index (κ3) is 7.30. The molecule has 0 spiro atoms. The van der Waals surface area contributed by atoms with Gasteiger partial charge in [0.25, 0.3) is 0 Å². The lowest BCUT2D eigenvalue weighted by atomic mass is 10.1. The standard InChI is InChI=1S/C22H27BrFN3O4S/c1-4-13-25-22(29)16(2)26(14-17-5-7-18(23)8-6-17)21(28)15-27(32(3,30)31)20-11-9-19(24)10-12-20/h5-12,16H,4,13-15H2,1-3H3,(H,25,29)/t16-/m0/s1. The van der Waals surface area contributed by atoms with Crippen LogP contribution in [0, 0.1) is 5.82 Å². The van der Waals surface area contributed by atoms with Crippen molar-refractivity contribution in [3.8, 4) is 0 Å². The highest BCUT2D eigenvalue weighted by Crippen LogP contribution is 2.20. The van der Waals surface area contributed by atoms with Crippen LogP contribution in [-0.2, 0) is 26.2 Å². The number of carbonyl (C=O) groups excluding carboxylic acids is 2. The van der Waals surface area contributed by atoms with Crippen LogP contribution >= 0.6 is 15.9 Å². The van der Waals surface area contributed by atoms with Crippen LogP contribution in [0.4, 0.5) is 10.1 Å². The Balaban J connectivity index is 2.34. The number of carbonyl (C=O) groups is 2. The Morgan fingerprint density at radius 1 is 1.09 bits per heavy atom. The van der Waals surface area contributed by atoms with Gasteiger partial charge in [-0.1, -0.05) is 35.0 Å². The van der Waals surface area contributed by atoms with Gasteiger partial charge in [0, 0.05) is 17.6 Å². The van der Waals surface area contributed by atoms with E-state index in [9.17, 15) is 22.4 Å². The minimum absolute atomic E-state index is 0.119. The van der Waals surface area contributed by atoms with E-state index in [4.69, 9.17) is 0 Å². The molecule has 0 bridgehead atoms. The highest BCUT2D eigenvalue weighted by Gasteiger charge is 2.29. The lowest BCUT2D eigenvalue weighted by Crippen LogP contribution is -2.51. The Morgan fingerprint density at radius 3 is 2.22 bits per heavy atom. The van der Waals surface area contributed by atoms with Gasteiger partial charge in [-0.2, -0.15) is 0 Å². The lowest BCUT2D eigenvalue weighted by Gasteiger charge is -2.31. The average Bonchev–Trinajstić information content (AvgIpc) is 2.74. The SMILES string of the molecule is CCCNC(=O)[C@H](C)N(Cc1ccc(Br)cc1)C(=O)CN(c1ccc(F)cc1)S(C)(=O)=O. The van der Waals surface area contributed by atoms with Crippen molar-refractivity contribution in [2.45, 2.75) is 32.9 Å². The number of benzene rings is 2. The Bertz CT molecular complexity index is 1030. The number of hydrogen-bond acceptors (Lipinski definition) is 4. The number of amides is 2. The molecule has 7 nitrogen and oxygen atoms in total. The summed E-state index contributed by atoms with van der Waals surface area (Å²) >= 11 is 3.36. The fourth-order valence-electron chi connectivity index (χ4n) is 2.99. The van der Waals surface area contributed by atoms with Gasteiger partial charge in [-0.25, -0.2) is 12.8 Å². The van der Waals surface area contributed by atoms with E-state index in [1.54, 1.807) is 6.92 Å². The molecule has 0 aromatic heterocycles. The summed E-state index contributed by atoms with van der Waals surface area (Å²) in [7, 11) is -3.84. The summed E-state index contributed by atoms with van der Waals surface area (Å²) in [5.41, 5.74) is 0.943. The Kier molecular flexibility index (Phi) is 9.21. The summed E-state index contributed by atoms with van der Waals surface area (Å²) in [5.74, 6) is -1.40. The summed E-state index contributed by atoms with van der Waals surface area (Å²) in [4.78, 5) is 27.2. The zero-order valence-corrected chi connectivity index (χ0v) is 20.6. The molecular weight excluding hydrogens is 501 g/mol. The van der Waals surface area contributed by atoms with E-state index in [-0.39, 0.29) is 18.1 Å². The van der Waals surface area contributed by atoms with Gasteiger partial charge in [0.15, 0.2) is 0 Å². The number of nitrogens with zero attached hydrogens (tertiary/aromatic N) is 2. The van der Waals surface area contributed by atoms with E-state index in [1.807, 2.05) is 31.2 Å². The molecule has 0 saturated carbocycles. The van der Waals surface area contributed by atoms with E-state index < -0.39 is 34.3 Å². The first-order chi connectivity index (χ1) is 15.0. The summed E-state index contributed by atoms with van der Waals surface area (Å²) in [6, 6.07) is 11.3. The molecule has 0 aliphatic rings. The summed E-state index contributed by atoms with van der Waals surface area (Å²) in [6.45, 7) is 3.58. The molecule has 2 aromatic carbocycles. The van der Waals surface area contributed by atoms with Gasteiger partial charge in [0.05, 0.1) is 11.9 Å². The average molecular weight is 528 g/mol. The minimum atomic E-state index is -3.84. The van der Waals surface area contributed by atoms with E-state index >= 15 is 0 Å². The molecular formula is C22H27BrFN3O4S. The maximum absolute atomic E-state index is 13.3. The van der Waals surface area contributed by atoms with Gasteiger partial charge in [-0.3, -0.25) is 13.9 Å². The molecule has 0 aliphatic carbocycles. The van der Waals surface area contributed by atoms with Crippen LogP contribution in [0.3, 0.4) is 0 Å². The van der Waals surface area contributed by atoms with Crippen molar-refractivity contribution in [2.24, 2.45) is 0 Å². The van der Waals surface area contributed by atoms with Gasteiger partial charge in [0.1, 0.15) is 18.4 Å². The smallest absolute Gasteiger partial charge is 0.244 e. The normalized spacial score (nSPS) is 12.2. The quantitative estimate of drug-likeness (QED) is 0.513. The molecule has 2 rings (SSSR count). The van der Waals surface area contributed by atoms with Crippen LogP contribution in [0.25, 0.3) is 0 Å². The third-order valence-corrected chi connectivity index (χ3v) is 6.45. The van der Waals surface area contributed by atoms with Crippen LogP contribution in [0.5, 0.6) is 0 Å². The molecule has 2 amide bonds. The second-order valence-electron chi connectivity index (χ2n) is 7.36. The molecule has 32 heavy (non-hydrogen) atoms. The largest absolute Gasteiger partial charge is 0.354 e. The van der Waals surface area contributed by atoms with Crippen LogP contribution in [0.2, 0.25) is 0 Å². The molecule has 0 saturated heterocycles. The number of sulfonamides is 1. The summed E-state index contributed by atoms with van der Waals surface area (Å²) in [6.07, 6.45) is 1.71. The van der Waals surface area contributed by atoms with Crippen molar-refractivity contribution in [2.75, 3.05) is 23.7 Å². The van der Waals surface area contributed by atoms with Gasteiger partial charge in [-0.15, -0.1) is 0 Å². The van der Waals surface area contributed by atoms with Crippen molar-refractivity contribution in [1.29, 1.82) is 0 Å². The van der Waals surface area contributed by atoms with Gasteiger partial charge in [0.2, 0.25) is 21.8 Å². The van der Waals surface area contributed by atoms with Gasteiger partial charge in [-0.05, 0) is 55.3 Å². The Morgan fingerprint density at radius 2 is 1.69 bits per heavy atom. The van der Waals surface area contributed by atoms with Crippen molar-refractivity contribution in [1.82, 2.24) is 10.2 Å². The van der Waals surface area contributed by atoms with Crippen molar-refractivity contribution in [3.63, 3.8) is 0 Å². The fourth-order valence-corrected chi connectivity index (χ4v) is 4.10. The number of rotatable bonds is 10. The van der Waals surface area contributed by atoms with E-state index in [2.05, 4.69) is 21.2 Å². The molecule has 0 radical (unpaired) electrons. The second kappa shape index (κ2) is 11.4. The first-order valence-corrected chi connectivity index (χ1v) is 12.7. The number of anilines is 1. The third-order valence-electron chi connectivity index (χ3n) is 4.78. The summed E-state index contributed by atoms with van der Waals surface area (Å²) in [5, 5.41) is 2.77. The minimum Gasteiger partial charge on any atom is -0.354 e. The molecule has 10 heteroatoms. The highest BCUT2D eigenvalue weighted by molar-refractivity contribution is 9.10. The maximum atomic E-state index is 13.3.